The highest BCUT2D eigenvalue weighted by Gasteiger charge is 2.00. The second-order valence-electron chi connectivity index (χ2n) is 3.01. The van der Waals surface area contributed by atoms with Gasteiger partial charge in [0.05, 0.1) is 52.7 Å². The van der Waals surface area contributed by atoms with E-state index in [1.54, 1.807) is 6.92 Å². The van der Waals surface area contributed by atoms with Crippen LogP contribution in [-0.4, -0.2) is 58.8 Å². The maximum absolute atomic E-state index is 10.9. The summed E-state index contributed by atoms with van der Waals surface area (Å²) in [6, 6.07) is 0. The van der Waals surface area contributed by atoms with Crippen molar-refractivity contribution in [2.45, 2.75) is 6.92 Å². The third kappa shape index (κ3) is 14.5. The van der Waals surface area contributed by atoms with Crippen molar-refractivity contribution < 1.29 is 28.3 Å². The molecular formula is C10H20IO6P. The van der Waals surface area contributed by atoms with E-state index >= 15 is 0 Å². The van der Waals surface area contributed by atoms with Gasteiger partial charge in [-0.3, -0.25) is 0 Å². The molecule has 0 aromatic carbocycles. The van der Waals surface area contributed by atoms with Crippen LogP contribution in [0.2, 0.25) is 0 Å². The average Bonchev–Trinajstić information content (AvgIpc) is 2.36. The van der Waals surface area contributed by atoms with Crippen LogP contribution in [0.25, 0.3) is 0 Å². The zero-order valence-corrected chi connectivity index (χ0v) is 13.6. The van der Waals surface area contributed by atoms with E-state index in [0.717, 1.165) is 0 Å². The topological polar surface area (TPSA) is 63.2 Å². The highest BCUT2D eigenvalue weighted by molar-refractivity contribution is 14.2. The average molecular weight is 394 g/mol. The molecule has 0 rings (SSSR count). The standard InChI is InChI=1S/C10H20IO6P/c1-2-16-10(12)9-15-6-5-13-3-4-14-7-8-17-18-11/h18H,2-9H2,1H3. The van der Waals surface area contributed by atoms with Gasteiger partial charge in [0.1, 0.15) is 6.61 Å². The van der Waals surface area contributed by atoms with Crippen LogP contribution in [0, 0.1) is 0 Å². The number of rotatable bonds is 13. The first-order valence-electron chi connectivity index (χ1n) is 5.67. The van der Waals surface area contributed by atoms with Crippen LogP contribution < -0.4 is 0 Å². The molecule has 0 saturated carbocycles. The summed E-state index contributed by atoms with van der Waals surface area (Å²) in [7, 11) is 0. The Morgan fingerprint density at radius 2 is 1.56 bits per heavy atom. The molecule has 1 unspecified atom stereocenters. The highest BCUT2D eigenvalue weighted by Crippen LogP contribution is 2.20. The van der Waals surface area contributed by atoms with Crippen LogP contribution in [0.3, 0.4) is 0 Å². The van der Waals surface area contributed by atoms with E-state index in [4.69, 9.17) is 23.5 Å². The zero-order valence-electron chi connectivity index (χ0n) is 10.5. The molecule has 0 N–H and O–H groups in total. The van der Waals surface area contributed by atoms with E-state index in [0.29, 0.717) is 52.7 Å². The molecule has 0 bridgehead atoms. The summed E-state index contributed by atoms with van der Waals surface area (Å²) in [4.78, 5) is 10.9. The Bertz CT molecular complexity index is 195. The van der Waals surface area contributed by atoms with Gasteiger partial charge in [0, 0.05) is 0 Å². The minimum atomic E-state index is -0.350. The molecule has 0 saturated heterocycles. The Morgan fingerprint density at radius 3 is 2.11 bits per heavy atom. The van der Waals surface area contributed by atoms with Gasteiger partial charge in [-0.25, -0.2) is 4.79 Å². The smallest absolute Gasteiger partial charge is 0.332 e. The normalized spacial score (nSPS) is 11.2. The maximum Gasteiger partial charge on any atom is 0.332 e. The third-order valence-corrected chi connectivity index (χ3v) is 2.90. The van der Waals surface area contributed by atoms with Crippen LogP contribution in [0.1, 0.15) is 6.92 Å². The molecule has 0 aromatic heterocycles. The Morgan fingerprint density at radius 1 is 1.00 bits per heavy atom. The monoisotopic (exact) mass is 394 g/mol. The molecule has 0 aromatic rings. The second-order valence-corrected chi connectivity index (χ2v) is 4.77. The van der Waals surface area contributed by atoms with Crippen LogP contribution >= 0.6 is 28.5 Å². The SMILES string of the molecule is CCOC(=O)COCCOCCOCCOPI. The summed E-state index contributed by atoms with van der Waals surface area (Å²) in [5, 5.41) is 0. The molecule has 8 heteroatoms. The molecule has 108 valence electrons. The molecule has 0 aliphatic heterocycles. The number of carbonyl (C=O) groups is 1. The Hall–Kier alpha value is 0.470. The lowest BCUT2D eigenvalue weighted by atomic mass is 10.7. The first-order valence-corrected chi connectivity index (χ1v) is 9.69. The summed E-state index contributed by atoms with van der Waals surface area (Å²) < 4.78 is 25.4. The van der Waals surface area contributed by atoms with Gasteiger partial charge in [-0.05, 0) is 29.0 Å². The van der Waals surface area contributed by atoms with Gasteiger partial charge in [-0.2, -0.15) is 0 Å². The number of hydrogen-bond acceptors (Lipinski definition) is 6. The first-order chi connectivity index (χ1) is 8.81. The maximum atomic E-state index is 10.9. The number of ether oxygens (including phenoxy) is 4. The zero-order chi connectivity index (χ0) is 13.5. The lowest BCUT2D eigenvalue weighted by Crippen LogP contribution is -2.16. The van der Waals surface area contributed by atoms with E-state index < -0.39 is 0 Å². The Balaban J connectivity index is 3.01. The number of carbonyl (C=O) groups excluding carboxylic acids is 1. The second kappa shape index (κ2) is 15.5. The van der Waals surface area contributed by atoms with Gasteiger partial charge in [-0.1, -0.05) is 0 Å². The molecule has 0 amide bonds. The van der Waals surface area contributed by atoms with Crippen LogP contribution in [0.15, 0.2) is 0 Å². The predicted molar refractivity (Wildman–Crippen MR) is 77.4 cm³/mol. The minimum Gasteiger partial charge on any atom is -0.464 e. The number of esters is 1. The predicted octanol–water partition coefficient (Wildman–Crippen LogP) is 1.56. The van der Waals surface area contributed by atoms with E-state index in [9.17, 15) is 4.79 Å². The van der Waals surface area contributed by atoms with Crippen molar-refractivity contribution in [3.05, 3.63) is 0 Å². The van der Waals surface area contributed by atoms with Crippen molar-refractivity contribution in [1.29, 1.82) is 0 Å². The summed E-state index contributed by atoms with van der Waals surface area (Å²) in [5.41, 5.74) is 0. The van der Waals surface area contributed by atoms with Gasteiger partial charge >= 0.3 is 5.97 Å². The molecule has 6 nitrogen and oxygen atoms in total. The molecule has 0 fully saturated rings. The summed E-state index contributed by atoms with van der Waals surface area (Å²) in [5.74, 6) is -0.350. The van der Waals surface area contributed by atoms with Crippen LogP contribution in [0.5, 0.6) is 0 Å². The van der Waals surface area contributed by atoms with Crippen molar-refractivity contribution in [2.24, 2.45) is 0 Å². The lowest BCUT2D eigenvalue weighted by Gasteiger charge is -2.06. The molecule has 0 spiro atoms. The quantitative estimate of drug-likeness (QED) is 0.205. The minimum absolute atomic E-state index is 0.0257. The van der Waals surface area contributed by atoms with Gasteiger partial charge in [0.2, 0.25) is 0 Å². The van der Waals surface area contributed by atoms with Crippen molar-refractivity contribution in [1.82, 2.24) is 0 Å². The van der Waals surface area contributed by atoms with Gasteiger partial charge < -0.3 is 23.5 Å². The van der Waals surface area contributed by atoms with Crippen LogP contribution in [0.4, 0.5) is 0 Å². The van der Waals surface area contributed by atoms with Gasteiger partial charge in [-0.15, -0.1) is 0 Å². The van der Waals surface area contributed by atoms with E-state index in [1.807, 2.05) is 0 Å². The fourth-order valence-electron chi connectivity index (χ4n) is 0.937. The molecule has 0 aliphatic rings. The Labute approximate surface area is 122 Å². The van der Waals surface area contributed by atoms with Crippen molar-refractivity contribution in [3.8, 4) is 0 Å². The summed E-state index contributed by atoms with van der Waals surface area (Å²) in [6.07, 6.45) is 0. The van der Waals surface area contributed by atoms with Crippen molar-refractivity contribution >= 4 is 34.5 Å². The highest BCUT2D eigenvalue weighted by atomic mass is 127. The molecular weight excluding hydrogens is 374 g/mol. The number of hydrogen-bond donors (Lipinski definition) is 0. The van der Waals surface area contributed by atoms with Gasteiger partial charge in [0.25, 0.3) is 0 Å². The molecule has 18 heavy (non-hydrogen) atoms. The fourth-order valence-corrected chi connectivity index (χ4v) is 1.76. The molecule has 0 radical (unpaired) electrons. The Kier molecular flexibility index (Phi) is 15.9. The number of halogens is 1. The van der Waals surface area contributed by atoms with Crippen molar-refractivity contribution in [2.75, 3.05) is 52.9 Å². The molecule has 0 aliphatic carbocycles. The molecule has 0 heterocycles. The molecule has 1 atom stereocenters. The lowest BCUT2D eigenvalue weighted by molar-refractivity contribution is -0.148. The summed E-state index contributed by atoms with van der Waals surface area (Å²) in [6.45, 7) is 5.63. The van der Waals surface area contributed by atoms with E-state index in [2.05, 4.69) is 22.0 Å². The summed E-state index contributed by atoms with van der Waals surface area (Å²) >= 11 is 2.16. The fraction of sp³-hybridized carbons (Fsp3) is 0.900. The van der Waals surface area contributed by atoms with Crippen molar-refractivity contribution in [3.63, 3.8) is 0 Å². The van der Waals surface area contributed by atoms with Gasteiger partial charge in [0.15, 0.2) is 0 Å². The van der Waals surface area contributed by atoms with Crippen LogP contribution in [-0.2, 0) is 28.3 Å². The van der Waals surface area contributed by atoms with E-state index in [-0.39, 0.29) is 12.6 Å². The largest absolute Gasteiger partial charge is 0.464 e. The third-order valence-electron chi connectivity index (χ3n) is 1.65. The van der Waals surface area contributed by atoms with E-state index in [1.165, 1.54) is 0 Å². The first kappa shape index (κ1) is 18.5.